The first-order chi connectivity index (χ1) is 8.95. The summed E-state index contributed by atoms with van der Waals surface area (Å²) in [5.41, 5.74) is 9.89. The highest BCUT2D eigenvalue weighted by Crippen LogP contribution is 2.21. The molecule has 0 fully saturated rings. The lowest BCUT2D eigenvalue weighted by Gasteiger charge is -2.08. The Hall–Kier alpha value is -1.81. The first-order valence-electron chi connectivity index (χ1n) is 5.90. The van der Waals surface area contributed by atoms with E-state index in [1.54, 1.807) is 18.2 Å². The molecule has 2 aromatic rings. The molecule has 0 aromatic heterocycles. The lowest BCUT2D eigenvalue weighted by atomic mass is 10.1. The Morgan fingerprint density at radius 2 is 1.74 bits per heavy atom. The Balaban J connectivity index is 2.22. The first kappa shape index (κ1) is 13.6. The zero-order valence-electron chi connectivity index (χ0n) is 10.8. The number of halogens is 1. The van der Waals surface area contributed by atoms with Crippen LogP contribution in [-0.4, -0.2) is 5.91 Å². The van der Waals surface area contributed by atoms with Gasteiger partial charge in [0.2, 0.25) is 0 Å². The molecule has 0 saturated heterocycles. The molecule has 19 heavy (non-hydrogen) atoms. The van der Waals surface area contributed by atoms with Crippen molar-refractivity contribution in [3.63, 3.8) is 0 Å². The maximum Gasteiger partial charge on any atom is 0.255 e. The van der Waals surface area contributed by atoms with Crippen molar-refractivity contribution in [3.05, 3.63) is 57.6 Å². The molecule has 2 rings (SSSR count). The first-order valence-corrected chi connectivity index (χ1v) is 6.69. The van der Waals surface area contributed by atoms with E-state index in [0.717, 1.165) is 21.3 Å². The number of hydrogen-bond donors (Lipinski definition) is 2. The fourth-order valence-electron chi connectivity index (χ4n) is 1.94. The van der Waals surface area contributed by atoms with Crippen molar-refractivity contribution >= 4 is 33.2 Å². The molecular formula is C15H15BrN2O. The molecule has 0 heterocycles. The maximum absolute atomic E-state index is 12.1. The van der Waals surface area contributed by atoms with Crippen molar-refractivity contribution < 1.29 is 4.79 Å². The Labute approximate surface area is 121 Å². The van der Waals surface area contributed by atoms with Gasteiger partial charge in [0.25, 0.3) is 5.91 Å². The molecule has 2 aromatic carbocycles. The lowest BCUT2D eigenvalue weighted by molar-refractivity contribution is 0.102. The van der Waals surface area contributed by atoms with E-state index in [1.807, 2.05) is 26.0 Å². The molecule has 0 saturated carbocycles. The van der Waals surface area contributed by atoms with Crippen molar-refractivity contribution in [3.8, 4) is 0 Å². The van der Waals surface area contributed by atoms with Crippen LogP contribution in [0.1, 0.15) is 21.5 Å². The van der Waals surface area contributed by atoms with Crippen LogP contribution in [-0.2, 0) is 0 Å². The molecule has 1 amide bonds. The highest BCUT2D eigenvalue weighted by atomic mass is 79.9. The number of carbonyl (C=O) groups is 1. The number of anilines is 2. The van der Waals surface area contributed by atoms with Crippen LogP contribution in [0.3, 0.4) is 0 Å². The van der Waals surface area contributed by atoms with Crippen LogP contribution < -0.4 is 11.1 Å². The summed E-state index contributed by atoms with van der Waals surface area (Å²) in [5, 5.41) is 2.88. The van der Waals surface area contributed by atoms with E-state index >= 15 is 0 Å². The number of nitrogens with one attached hydrogen (secondary N) is 1. The molecule has 0 unspecified atom stereocenters. The predicted molar refractivity (Wildman–Crippen MR) is 82.4 cm³/mol. The van der Waals surface area contributed by atoms with Crippen LogP contribution in [0, 0.1) is 13.8 Å². The Morgan fingerprint density at radius 3 is 2.32 bits per heavy atom. The number of carbonyl (C=O) groups excluding carboxylic acids is 1. The monoisotopic (exact) mass is 318 g/mol. The van der Waals surface area contributed by atoms with Crippen LogP contribution in [0.4, 0.5) is 11.4 Å². The van der Waals surface area contributed by atoms with Gasteiger partial charge < -0.3 is 11.1 Å². The predicted octanol–water partition coefficient (Wildman–Crippen LogP) is 3.90. The van der Waals surface area contributed by atoms with Gasteiger partial charge in [-0.1, -0.05) is 6.07 Å². The minimum absolute atomic E-state index is 0.163. The fourth-order valence-corrected chi connectivity index (χ4v) is 2.18. The number of hydrogen-bond acceptors (Lipinski definition) is 2. The number of nitrogens with two attached hydrogens (primary N) is 1. The van der Waals surface area contributed by atoms with E-state index in [4.69, 9.17) is 5.73 Å². The second kappa shape index (κ2) is 5.45. The van der Waals surface area contributed by atoms with Gasteiger partial charge in [0, 0.05) is 21.4 Å². The number of benzene rings is 2. The Kier molecular flexibility index (Phi) is 3.90. The number of rotatable bonds is 2. The molecule has 0 aliphatic carbocycles. The van der Waals surface area contributed by atoms with Crippen LogP contribution in [0.2, 0.25) is 0 Å². The van der Waals surface area contributed by atoms with Gasteiger partial charge in [-0.15, -0.1) is 0 Å². The van der Waals surface area contributed by atoms with Gasteiger partial charge in [-0.05, 0) is 71.2 Å². The van der Waals surface area contributed by atoms with Crippen LogP contribution in [0.25, 0.3) is 0 Å². The molecule has 98 valence electrons. The molecule has 0 aliphatic heterocycles. The van der Waals surface area contributed by atoms with E-state index in [0.29, 0.717) is 11.3 Å². The summed E-state index contributed by atoms with van der Waals surface area (Å²) >= 11 is 3.31. The fraction of sp³-hybridized carbons (Fsp3) is 0.133. The van der Waals surface area contributed by atoms with E-state index < -0.39 is 0 Å². The molecule has 3 N–H and O–H groups in total. The highest BCUT2D eigenvalue weighted by Gasteiger charge is 2.08. The van der Waals surface area contributed by atoms with Crippen LogP contribution in [0.5, 0.6) is 0 Å². The minimum atomic E-state index is -0.163. The number of aryl methyl sites for hydroxylation is 2. The Bertz CT molecular complexity index is 618. The molecule has 0 atom stereocenters. The summed E-state index contributed by atoms with van der Waals surface area (Å²) in [7, 11) is 0. The van der Waals surface area contributed by atoms with Gasteiger partial charge in [0.15, 0.2) is 0 Å². The standard InChI is InChI=1S/C15H15BrN2O/c1-9-5-10(2)7-12(6-9)18-15(19)11-3-4-13(16)14(17)8-11/h3-8H,17H2,1-2H3,(H,18,19). The normalized spacial score (nSPS) is 10.3. The van der Waals surface area contributed by atoms with Gasteiger partial charge in [0.05, 0.1) is 0 Å². The average molecular weight is 319 g/mol. The zero-order chi connectivity index (χ0) is 14.0. The van der Waals surface area contributed by atoms with E-state index in [2.05, 4.69) is 27.3 Å². The highest BCUT2D eigenvalue weighted by molar-refractivity contribution is 9.10. The third-order valence-corrected chi connectivity index (χ3v) is 3.46. The van der Waals surface area contributed by atoms with Crippen LogP contribution in [0.15, 0.2) is 40.9 Å². The maximum atomic E-state index is 12.1. The summed E-state index contributed by atoms with van der Waals surface area (Å²) in [6, 6.07) is 11.1. The smallest absolute Gasteiger partial charge is 0.255 e. The van der Waals surface area contributed by atoms with E-state index in [-0.39, 0.29) is 5.91 Å². The molecule has 0 radical (unpaired) electrons. The van der Waals surface area contributed by atoms with Crippen molar-refractivity contribution in [2.75, 3.05) is 11.1 Å². The molecule has 0 aliphatic rings. The van der Waals surface area contributed by atoms with Crippen LogP contribution >= 0.6 is 15.9 Å². The van der Waals surface area contributed by atoms with Gasteiger partial charge in [0.1, 0.15) is 0 Å². The topological polar surface area (TPSA) is 55.1 Å². The summed E-state index contributed by atoms with van der Waals surface area (Å²) in [6.45, 7) is 4.00. The number of nitrogen functional groups attached to an aromatic ring is 1. The largest absolute Gasteiger partial charge is 0.398 e. The second-order valence-electron chi connectivity index (χ2n) is 4.57. The average Bonchev–Trinajstić information content (AvgIpc) is 2.31. The van der Waals surface area contributed by atoms with Crippen molar-refractivity contribution in [2.45, 2.75) is 13.8 Å². The molecule has 3 nitrogen and oxygen atoms in total. The summed E-state index contributed by atoms with van der Waals surface area (Å²) in [6.07, 6.45) is 0. The Morgan fingerprint density at radius 1 is 1.11 bits per heavy atom. The molecule has 0 bridgehead atoms. The summed E-state index contributed by atoms with van der Waals surface area (Å²) in [4.78, 5) is 12.1. The molecule has 0 spiro atoms. The summed E-state index contributed by atoms with van der Waals surface area (Å²) < 4.78 is 0.787. The quantitative estimate of drug-likeness (QED) is 0.825. The summed E-state index contributed by atoms with van der Waals surface area (Å²) in [5.74, 6) is -0.163. The van der Waals surface area contributed by atoms with Crippen molar-refractivity contribution in [1.82, 2.24) is 0 Å². The van der Waals surface area contributed by atoms with E-state index in [1.165, 1.54) is 0 Å². The third-order valence-electron chi connectivity index (χ3n) is 2.74. The third kappa shape index (κ3) is 3.35. The molecule has 4 heteroatoms. The molecular weight excluding hydrogens is 304 g/mol. The minimum Gasteiger partial charge on any atom is -0.398 e. The van der Waals surface area contributed by atoms with Crippen molar-refractivity contribution in [2.24, 2.45) is 0 Å². The van der Waals surface area contributed by atoms with Crippen molar-refractivity contribution in [1.29, 1.82) is 0 Å². The number of amides is 1. The van der Waals surface area contributed by atoms with E-state index in [9.17, 15) is 4.79 Å². The van der Waals surface area contributed by atoms with Gasteiger partial charge >= 0.3 is 0 Å². The lowest BCUT2D eigenvalue weighted by Crippen LogP contribution is -2.12. The van der Waals surface area contributed by atoms with Gasteiger partial charge in [-0.3, -0.25) is 4.79 Å². The second-order valence-corrected chi connectivity index (χ2v) is 5.42. The van der Waals surface area contributed by atoms with Gasteiger partial charge in [-0.2, -0.15) is 0 Å². The van der Waals surface area contributed by atoms with Gasteiger partial charge in [-0.25, -0.2) is 0 Å². The SMILES string of the molecule is Cc1cc(C)cc(NC(=O)c2ccc(Br)c(N)c2)c1. The zero-order valence-corrected chi connectivity index (χ0v) is 12.4.